The highest BCUT2D eigenvalue weighted by molar-refractivity contribution is 5.40. The van der Waals surface area contributed by atoms with Crippen molar-refractivity contribution in [1.82, 2.24) is 9.88 Å². The fourth-order valence-corrected chi connectivity index (χ4v) is 1.49. The maximum Gasteiger partial charge on any atom is 0.214 e. The van der Waals surface area contributed by atoms with Crippen molar-refractivity contribution in [3.8, 4) is 0 Å². The van der Waals surface area contributed by atoms with Gasteiger partial charge in [-0.2, -0.15) is 4.39 Å². The van der Waals surface area contributed by atoms with Gasteiger partial charge in [-0.1, -0.05) is 0 Å². The molecule has 0 aliphatic carbocycles. The van der Waals surface area contributed by atoms with Crippen LogP contribution in [0.5, 0.6) is 0 Å². The molecule has 0 aliphatic rings. The predicted octanol–water partition coefficient (Wildman–Crippen LogP) is 2.75. The minimum absolute atomic E-state index is 0.436. The molecule has 1 heterocycles. The first-order valence-corrected chi connectivity index (χ1v) is 6.15. The minimum atomic E-state index is -0.436. The zero-order valence-electron chi connectivity index (χ0n) is 10.9. The van der Waals surface area contributed by atoms with E-state index in [1.807, 2.05) is 0 Å². The average molecular weight is 239 g/mol. The van der Waals surface area contributed by atoms with Gasteiger partial charge in [0.25, 0.3) is 0 Å². The first-order chi connectivity index (χ1) is 8.09. The van der Waals surface area contributed by atoms with Gasteiger partial charge >= 0.3 is 0 Å². The summed E-state index contributed by atoms with van der Waals surface area (Å²) in [5.74, 6) is -0.436. The Bertz CT molecular complexity index is 328. The van der Waals surface area contributed by atoms with Gasteiger partial charge in [0.2, 0.25) is 5.95 Å². The van der Waals surface area contributed by atoms with Crippen LogP contribution in [0.3, 0.4) is 0 Å². The van der Waals surface area contributed by atoms with Crippen molar-refractivity contribution in [3.63, 3.8) is 0 Å². The Morgan fingerprint density at radius 2 is 2.18 bits per heavy atom. The van der Waals surface area contributed by atoms with Gasteiger partial charge in [0.1, 0.15) is 0 Å². The lowest BCUT2D eigenvalue weighted by Gasteiger charge is -2.20. The molecule has 1 N–H and O–H groups in total. The first kappa shape index (κ1) is 13.9. The molecule has 0 fully saturated rings. The molecule has 0 atom stereocenters. The molecule has 0 spiro atoms. The molecular weight excluding hydrogens is 217 g/mol. The summed E-state index contributed by atoms with van der Waals surface area (Å²) in [4.78, 5) is 5.84. The number of anilines is 1. The van der Waals surface area contributed by atoms with E-state index in [0.29, 0.717) is 6.04 Å². The van der Waals surface area contributed by atoms with Crippen molar-refractivity contribution in [2.45, 2.75) is 32.7 Å². The number of rotatable bonds is 7. The Labute approximate surface area is 103 Å². The van der Waals surface area contributed by atoms with E-state index >= 15 is 0 Å². The Morgan fingerprint density at radius 1 is 1.41 bits per heavy atom. The predicted molar refractivity (Wildman–Crippen MR) is 69.7 cm³/mol. The topological polar surface area (TPSA) is 28.2 Å². The van der Waals surface area contributed by atoms with Crippen LogP contribution in [0, 0.1) is 5.95 Å². The van der Waals surface area contributed by atoms with Crippen LogP contribution in [-0.4, -0.2) is 36.1 Å². The monoisotopic (exact) mass is 239 g/mol. The Hall–Kier alpha value is -1.16. The van der Waals surface area contributed by atoms with Gasteiger partial charge in [0.15, 0.2) is 0 Å². The van der Waals surface area contributed by atoms with E-state index in [4.69, 9.17) is 0 Å². The standard InChI is InChI=1S/C13H22FN3/c1-11(2)17(3)9-5-4-7-15-12-6-8-16-13(14)10-12/h6,8,10-11H,4-5,7,9H2,1-3H3,(H,15,16). The van der Waals surface area contributed by atoms with E-state index in [-0.39, 0.29) is 0 Å². The summed E-state index contributed by atoms with van der Waals surface area (Å²) in [6, 6.07) is 3.79. The van der Waals surface area contributed by atoms with E-state index < -0.39 is 5.95 Å². The highest BCUT2D eigenvalue weighted by Crippen LogP contribution is 2.07. The lowest BCUT2D eigenvalue weighted by Crippen LogP contribution is -2.27. The molecule has 0 saturated heterocycles. The molecule has 1 aromatic heterocycles. The summed E-state index contributed by atoms with van der Waals surface area (Å²) in [5, 5.41) is 3.19. The van der Waals surface area contributed by atoms with E-state index in [9.17, 15) is 4.39 Å². The van der Waals surface area contributed by atoms with Gasteiger partial charge in [0.05, 0.1) is 0 Å². The highest BCUT2D eigenvalue weighted by Gasteiger charge is 2.01. The summed E-state index contributed by atoms with van der Waals surface area (Å²) in [6.07, 6.45) is 3.71. The smallest absolute Gasteiger partial charge is 0.214 e. The molecular formula is C13H22FN3. The number of hydrogen-bond donors (Lipinski definition) is 1. The van der Waals surface area contributed by atoms with Crippen LogP contribution in [0.25, 0.3) is 0 Å². The third-order valence-corrected chi connectivity index (χ3v) is 2.87. The maximum atomic E-state index is 12.8. The molecule has 96 valence electrons. The Morgan fingerprint density at radius 3 is 2.82 bits per heavy atom. The van der Waals surface area contributed by atoms with Crippen LogP contribution in [0.1, 0.15) is 26.7 Å². The third-order valence-electron chi connectivity index (χ3n) is 2.87. The third kappa shape index (κ3) is 5.63. The van der Waals surface area contributed by atoms with Gasteiger partial charge in [-0.3, -0.25) is 0 Å². The first-order valence-electron chi connectivity index (χ1n) is 6.15. The van der Waals surface area contributed by atoms with E-state index in [1.54, 1.807) is 6.07 Å². The summed E-state index contributed by atoms with van der Waals surface area (Å²) in [5.41, 5.74) is 0.801. The molecule has 0 unspecified atom stereocenters. The number of unbranched alkanes of at least 4 members (excludes halogenated alkanes) is 1. The summed E-state index contributed by atoms with van der Waals surface area (Å²) >= 11 is 0. The number of aromatic nitrogens is 1. The zero-order chi connectivity index (χ0) is 12.7. The molecule has 3 nitrogen and oxygen atoms in total. The van der Waals surface area contributed by atoms with E-state index in [1.165, 1.54) is 12.3 Å². The second-order valence-electron chi connectivity index (χ2n) is 4.58. The quantitative estimate of drug-likeness (QED) is 0.586. The van der Waals surface area contributed by atoms with Crippen molar-refractivity contribution in [3.05, 3.63) is 24.3 Å². The summed E-state index contributed by atoms with van der Waals surface area (Å²) in [7, 11) is 2.14. The van der Waals surface area contributed by atoms with E-state index in [0.717, 1.165) is 31.6 Å². The molecule has 0 radical (unpaired) electrons. The van der Waals surface area contributed by atoms with Crippen LogP contribution in [-0.2, 0) is 0 Å². The molecule has 4 heteroatoms. The van der Waals surface area contributed by atoms with Crippen molar-refractivity contribution in [2.24, 2.45) is 0 Å². The largest absolute Gasteiger partial charge is 0.385 e. The minimum Gasteiger partial charge on any atom is -0.385 e. The molecule has 0 bridgehead atoms. The summed E-state index contributed by atoms with van der Waals surface area (Å²) in [6.45, 7) is 6.36. The second-order valence-corrected chi connectivity index (χ2v) is 4.58. The van der Waals surface area contributed by atoms with Gasteiger partial charge in [-0.15, -0.1) is 0 Å². The highest BCUT2D eigenvalue weighted by atomic mass is 19.1. The Kier molecular flexibility index (Phi) is 5.91. The molecule has 1 aromatic rings. The number of nitrogens with one attached hydrogen (secondary N) is 1. The Balaban J connectivity index is 2.12. The number of hydrogen-bond acceptors (Lipinski definition) is 3. The number of halogens is 1. The maximum absolute atomic E-state index is 12.8. The molecule has 17 heavy (non-hydrogen) atoms. The SMILES string of the molecule is CC(C)N(C)CCCCNc1ccnc(F)c1. The fourth-order valence-electron chi connectivity index (χ4n) is 1.49. The second kappa shape index (κ2) is 7.22. The zero-order valence-corrected chi connectivity index (χ0v) is 10.9. The molecule has 0 aliphatic heterocycles. The van der Waals surface area contributed by atoms with Crippen molar-refractivity contribution in [1.29, 1.82) is 0 Å². The van der Waals surface area contributed by atoms with Crippen molar-refractivity contribution < 1.29 is 4.39 Å². The number of pyridine rings is 1. The average Bonchev–Trinajstić information content (AvgIpc) is 2.28. The molecule has 1 rings (SSSR count). The van der Waals surface area contributed by atoms with Crippen LogP contribution >= 0.6 is 0 Å². The molecule has 0 amide bonds. The van der Waals surface area contributed by atoms with E-state index in [2.05, 4.69) is 36.1 Å². The van der Waals surface area contributed by atoms with Gasteiger partial charge in [0, 0.05) is 30.5 Å². The molecule has 0 aromatic carbocycles. The van der Waals surface area contributed by atoms with Gasteiger partial charge in [-0.05, 0) is 46.3 Å². The lowest BCUT2D eigenvalue weighted by atomic mass is 10.2. The number of nitrogens with zero attached hydrogens (tertiary/aromatic N) is 2. The van der Waals surface area contributed by atoms with Gasteiger partial charge in [-0.25, -0.2) is 4.98 Å². The van der Waals surface area contributed by atoms with Crippen molar-refractivity contribution in [2.75, 3.05) is 25.5 Å². The van der Waals surface area contributed by atoms with Crippen LogP contribution in [0.2, 0.25) is 0 Å². The van der Waals surface area contributed by atoms with Crippen LogP contribution in [0.4, 0.5) is 10.1 Å². The van der Waals surface area contributed by atoms with Crippen LogP contribution < -0.4 is 5.32 Å². The molecule has 0 saturated carbocycles. The van der Waals surface area contributed by atoms with Crippen LogP contribution in [0.15, 0.2) is 18.3 Å². The summed E-state index contributed by atoms with van der Waals surface area (Å²) < 4.78 is 12.8. The van der Waals surface area contributed by atoms with Crippen molar-refractivity contribution >= 4 is 5.69 Å². The lowest BCUT2D eigenvalue weighted by molar-refractivity contribution is 0.269. The fraction of sp³-hybridized carbons (Fsp3) is 0.615. The van der Waals surface area contributed by atoms with Gasteiger partial charge < -0.3 is 10.2 Å². The normalized spacial score (nSPS) is 11.2.